The van der Waals surface area contributed by atoms with Crippen LogP contribution in [0, 0.1) is 0 Å². The fraction of sp³-hybridized carbons (Fsp3) is 0.0714. The number of rotatable bonds is 3. The first-order valence-electron chi connectivity index (χ1n) is 5.83. The van der Waals surface area contributed by atoms with Crippen LogP contribution in [0.5, 0.6) is 0 Å². The minimum Gasteiger partial charge on any atom is -0.481 e. The van der Waals surface area contributed by atoms with E-state index in [0.717, 1.165) is 16.8 Å². The molecule has 5 nitrogen and oxygen atoms in total. The van der Waals surface area contributed by atoms with Crippen LogP contribution in [-0.2, 0) is 11.2 Å². The normalized spacial score (nSPS) is 10.7. The summed E-state index contributed by atoms with van der Waals surface area (Å²) in [4.78, 5) is 19.3. The number of imidazole rings is 1. The van der Waals surface area contributed by atoms with Crippen LogP contribution in [0.2, 0.25) is 0 Å². The van der Waals surface area contributed by atoms with Gasteiger partial charge in [0.15, 0.2) is 0 Å². The van der Waals surface area contributed by atoms with Crippen LogP contribution in [0.25, 0.3) is 16.8 Å². The quantitative estimate of drug-likeness (QED) is 0.775. The highest BCUT2D eigenvalue weighted by atomic mass is 16.4. The monoisotopic (exact) mass is 253 g/mol. The van der Waals surface area contributed by atoms with Gasteiger partial charge in [0.1, 0.15) is 12.0 Å². The highest BCUT2D eigenvalue weighted by Crippen LogP contribution is 2.22. The molecule has 0 radical (unpaired) electrons. The Kier molecular flexibility index (Phi) is 2.72. The van der Waals surface area contributed by atoms with E-state index in [-0.39, 0.29) is 6.42 Å². The number of benzene rings is 1. The SMILES string of the molecule is O=C(O)Cc1cn2cncc(-c3ccccc3)c2n1. The summed E-state index contributed by atoms with van der Waals surface area (Å²) in [6.45, 7) is 0. The van der Waals surface area contributed by atoms with Gasteiger partial charge in [-0.25, -0.2) is 9.97 Å². The van der Waals surface area contributed by atoms with Gasteiger partial charge in [-0.1, -0.05) is 30.3 Å². The third-order valence-corrected chi connectivity index (χ3v) is 2.83. The Morgan fingerprint density at radius 1 is 1.26 bits per heavy atom. The lowest BCUT2D eigenvalue weighted by Crippen LogP contribution is -1.99. The van der Waals surface area contributed by atoms with Crippen molar-refractivity contribution in [1.82, 2.24) is 14.4 Å². The van der Waals surface area contributed by atoms with Crippen LogP contribution in [0.3, 0.4) is 0 Å². The lowest BCUT2D eigenvalue weighted by atomic mass is 10.1. The first kappa shape index (κ1) is 11.4. The second-order valence-electron chi connectivity index (χ2n) is 4.21. The number of carboxylic acid groups (broad SMARTS) is 1. The number of aliphatic carboxylic acids is 1. The molecule has 0 saturated heterocycles. The van der Waals surface area contributed by atoms with Gasteiger partial charge in [0, 0.05) is 18.0 Å². The summed E-state index contributed by atoms with van der Waals surface area (Å²) < 4.78 is 1.75. The summed E-state index contributed by atoms with van der Waals surface area (Å²) in [5.74, 6) is -0.891. The van der Waals surface area contributed by atoms with E-state index in [4.69, 9.17) is 5.11 Å². The van der Waals surface area contributed by atoms with Gasteiger partial charge in [-0.3, -0.25) is 9.20 Å². The molecule has 0 bridgehead atoms. The number of hydrogen-bond acceptors (Lipinski definition) is 3. The zero-order chi connectivity index (χ0) is 13.2. The lowest BCUT2D eigenvalue weighted by molar-refractivity contribution is -0.136. The molecule has 3 aromatic rings. The van der Waals surface area contributed by atoms with Crippen molar-refractivity contribution in [2.45, 2.75) is 6.42 Å². The molecule has 5 heteroatoms. The van der Waals surface area contributed by atoms with Crippen LogP contribution < -0.4 is 0 Å². The summed E-state index contributed by atoms with van der Waals surface area (Å²) in [5.41, 5.74) is 3.14. The molecule has 94 valence electrons. The van der Waals surface area contributed by atoms with Gasteiger partial charge < -0.3 is 5.11 Å². The molecule has 2 aromatic heterocycles. The van der Waals surface area contributed by atoms with E-state index >= 15 is 0 Å². The summed E-state index contributed by atoms with van der Waals surface area (Å²) in [7, 11) is 0. The van der Waals surface area contributed by atoms with E-state index < -0.39 is 5.97 Å². The molecule has 0 unspecified atom stereocenters. The van der Waals surface area contributed by atoms with E-state index in [1.54, 1.807) is 23.1 Å². The Labute approximate surface area is 109 Å². The minimum atomic E-state index is -0.891. The van der Waals surface area contributed by atoms with Crippen molar-refractivity contribution in [2.24, 2.45) is 0 Å². The molecular formula is C14H11N3O2. The van der Waals surface area contributed by atoms with Crippen molar-refractivity contribution in [3.8, 4) is 11.1 Å². The third kappa shape index (κ3) is 2.18. The third-order valence-electron chi connectivity index (χ3n) is 2.83. The number of nitrogens with zero attached hydrogens (tertiary/aromatic N) is 3. The number of hydrogen-bond donors (Lipinski definition) is 1. The topological polar surface area (TPSA) is 67.5 Å². The highest BCUT2D eigenvalue weighted by molar-refractivity contribution is 5.77. The molecule has 3 rings (SSSR count). The Balaban J connectivity index is 2.15. The van der Waals surface area contributed by atoms with Gasteiger partial charge in [0.2, 0.25) is 0 Å². The van der Waals surface area contributed by atoms with Crippen molar-refractivity contribution in [2.75, 3.05) is 0 Å². The Morgan fingerprint density at radius 3 is 2.79 bits per heavy atom. The first-order chi connectivity index (χ1) is 9.24. The molecule has 0 aliphatic rings. The van der Waals surface area contributed by atoms with E-state index in [1.807, 2.05) is 30.3 Å². The molecule has 19 heavy (non-hydrogen) atoms. The Hall–Kier alpha value is -2.69. The maximum Gasteiger partial charge on any atom is 0.309 e. The van der Waals surface area contributed by atoms with Gasteiger partial charge in [-0.15, -0.1) is 0 Å². The van der Waals surface area contributed by atoms with Gasteiger partial charge in [0.25, 0.3) is 0 Å². The van der Waals surface area contributed by atoms with Crippen molar-refractivity contribution in [1.29, 1.82) is 0 Å². The summed E-state index contributed by atoms with van der Waals surface area (Å²) in [5, 5.41) is 8.81. The van der Waals surface area contributed by atoms with Crippen molar-refractivity contribution in [3.63, 3.8) is 0 Å². The van der Waals surface area contributed by atoms with Crippen LogP contribution in [0.15, 0.2) is 49.1 Å². The van der Waals surface area contributed by atoms with Gasteiger partial charge >= 0.3 is 5.97 Å². The standard InChI is InChI=1S/C14H11N3O2/c18-13(19)6-11-8-17-9-15-7-12(14(17)16-11)10-4-2-1-3-5-10/h1-5,7-9H,6H2,(H,18,19). The van der Waals surface area contributed by atoms with Gasteiger partial charge in [-0.05, 0) is 5.56 Å². The largest absolute Gasteiger partial charge is 0.481 e. The second kappa shape index (κ2) is 4.53. The molecule has 0 spiro atoms. The fourth-order valence-corrected chi connectivity index (χ4v) is 2.03. The summed E-state index contributed by atoms with van der Waals surface area (Å²) in [6, 6.07) is 9.78. The lowest BCUT2D eigenvalue weighted by Gasteiger charge is -2.02. The van der Waals surface area contributed by atoms with E-state index in [0.29, 0.717) is 5.69 Å². The number of fused-ring (bicyclic) bond motifs is 1. The molecule has 0 amide bonds. The molecular weight excluding hydrogens is 242 g/mol. The van der Waals surface area contributed by atoms with Gasteiger partial charge in [0.05, 0.1) is 12.1 Å². The molecule has 0 atom stereocenters. The maximum absolute atomic E-state index is 10.7. The van der Waals surface area contributed by atoms with Crippen molar-refractivity contribution in [3.05, 3.63) is 54.7 Å². The van der Waals surface area contributed by atoms with E-state index in [9.17, 15) is 4.79 Å². The fourth-order valence-electron chi connectivity index (χ4n) is 2.03. The summed E-state index contributed by atoms with van der Waals surface area (Å²) >= 11 is 0. The zero-order valence-corrected chi connectivity index (χ0v) is 10.0. The van der Waals surface area contributed by atoms with Crippen LogP contribution in [-0.4, -0.2) is 25.4 Å². The summed E-state index contributed by atoms with van der Waals surface area (Å²) in [6.07, 6.45) is 4.97. The number of carboxylic acids is 1. The first-order valence-corrected chi connectivity index (χ1v) is 5.83. The molecule has 1 N–H and O–H groups in total. The predicted molar refractivity (Wildman–Crippen MR) is 69.8 cm³/mol. The van der Waals surface area contributed by atoms with Gasteiger partial charge in [-0.2, -0.15) is 0 Å². The van der Waals surface area contributed by atoms with E-state index in [1.165, 1.54) is 0 Å². The molecule has 0 fully saturated rings. The van der Waals surface area contributed by atoms with E-state index in [2.05, 4.69) is 9.97 Å². The van der Waals surface area contributed by atoms with Crippen LogP contribution >= 0.6 is 0 Å². The number of aromatic nitrogens is 3. The Bertz CT molecular complexity index is 735. The Morgan fingerprint density at radius 2 is 2.05 bits per heavy atom. The molecule has 0 aliphatic heterocycles. The predicted octanol–water partition coefficient (Wildman–Crippen LogP) is 2.02. The van der Waals surface area contributed by atoms with Crippen LogP contribution in [0.4, 0.5) is 0 Å². The smallest absolute Gasteiger partial charge is 0.309 e. The molecule has 2 heterocycles. The van der Waals surface area contributed by atoms with Crippen molar-refractivity contribution >= 4 is 11.6 Å². The molecule has 0 aliphatic carbocycles. The maximum atomic E-state index is 10.7. The molecule has 1 aromatic carbocycles. The van der Waals surface area contributed by atoms with Crippen LogP contribution in [0.1, 0.15) is 5.69 Å². The highest BCUT2D eigenvalue weighted by Gasteiger charge is 2.10. The minimum absolute atomic E-state index is 0.0874. The van der Waals surface area contributed by atoms with Crippen molar-refractivity contribution < 1.29 is 9.90 Å². The molecule has 0 saturated carbocycles. The number of carbonyl (C=O) groups is 1. The second-order valence-corrected chi connectivity index (χ2v) is 4.21. The zero-order valence-electron chi connectivity index (χ0n) is 10.0. The average molecular weight is 253 g/mol. The average Bonchev–Trinajstić information content (AvgIpc) is 2.80.